The summed E-state index contributed by atoms with van der Waals surface area (Å²) in [4.78, 5) is 4.13. The molecule has 1 fully saturated rings. The van der Waals surface area contributed by atoms with Gasteiger partial charge in [0.15, 0.2) is 11.3 Å². The Morgan fingerprint density at radius 3 is 2.50 bits per heavy atom. The highest BCUT2D eigenvalue weighted by Crippen LogP contribution is 2.40. The summed E-state index contributed by atoms with van der Waals surface area (Å²) in [6.07, 6.45) is -12.3. The van der Waals surface area contributed by atoms with Gasteiger partial charge in [0, 0.05) is 7.05 Å². The van der Waals surface area contributed by atoms with Crippen molar-refractivity contribution >= 4 is 16.9 Å². The molecule has 6 unspecified atom stereocenters. The first-order valence-electron chi connectivity index (χ1n) is 8.49. The van der Waals surface area contributed by atoms with Crippen LogP contribution in [0.4, 0.5) is 13.2 Å². The minimum atomic E-state index is -4.80. The van der Waals surface area contributed by atoms with Gasteiger partial charge in [0.2, 0.25) is 0 Å². The third-order valence-electron chi connectivity index (χ3n) is 4.52. The molecule has 11 heteroatoms. The van der Waals surface area contributed by atoms with Crippen molar-refractivity contribution in [2.24, 2.45) is 4.99 Å². The van der Waals surface area contributed by atoms with Gasteiger partial charge in [-0.2, -0.15) is 13.2 Å². The number of fused-ring (bicyclic) bond motifs is 1. The minimum absolute atomic E-state index is 0.351. The van der Waals surface area contributed by atoms with Crippen LogP contribution in [0.3, 0.4) is 0 Å². The van der Waals surface area contributed by atoms with Gasteiger partial charge in [-0.15, -0.1) is 0 Å². The number of ether oxygens (including phenoxy) is 3. The first-order valence-corrected chi connectivity index (χ1v) is 9.37. The maximum Gasteiger partial charge on any atom is 0.417 e. The lowest BCUT2D eigenvalue weighted by Crippen LogP contribution is -2.61. The van der Waals surface area contributed by atoms with E-state index in [9.17, 15) is 23.4 Å². The van der Waals surface area contributed by atoms with Crippen molar-refractivity contribution in [3.05, 3.63) is 29.8 Å². The second-order valence-corrected chi connectivity index (χ2v) is 7.45. The van der Waals surface area contributed by atoms with E-state index < -0.39 is 42.1 Å². The van der Waals surface area contributed by atoms with E-state index in [0.29, 0.717) is 16.5 Å². The molecule has 156 valence electrons. The fourth-order valence-electron chi connectivity index (χ4n) is 3.04. The van der Waals surface area contributed by atoms with Crippen LogP contribution in [0.1, 0.15) is 5.56 Å². The number of hydrogen-bond acceptors (Lipinski definition) is 8. The van der Waals surface area contributed by atoms with Gasteiger partial charge in [0.05, 0.1) is 13.7 Å². The summed E-state index contributed by atoms with van der Waals surface area (Å²) in [6, 6.07) is 5.51. The molecule has 7 nitrogen and oxygen atoms in total. The molecule has 6 atom stereocenters. The number of halogens is 3. The second kappa shape index (κ2) is 8.46. The molecular weight excluding hydrogens is 401 g/mol. The quantitative estimate of drug-likeness (QED) is 0.658. The molecule has 0 aliphatic carbocycles. The van der Waals surface area contributed by atoms with E-state index in [4.69, 9.17) is 14.2 Å². The molecule has 0 aromatic heterocycles. The van der Waals surface area contributed by atoms with Crippen molar-refractivity contribution in [2.45, 2.75) is 48.7 Å². The summed E-state index contributed by atoms with van der Waals surface area (Å²) in [7, 11) is 3.08. The number of rotatable bonds is 5. The van der Waals surface area contributed by atoms with E-state index >= 15 is 0 Å². The smallest absolute Gasteiger partial charge is 0.417 e. The number of nitrogens with one attached hydrogen (secondary N) is 1. The van der Waals surface area contributed by atoms with E-state index in [-0.39, 0.29) is 6.61 Å². The Morgan fingerprint density at radius 2 is 1.93 bits per heavy atom. The molecule has 3 N–H and O–H groups in total. The first-order chi connectivity index (χ1) is 13.2. The fourth-order valence-corrected chi connectivity index (χ4v) is 4.11. The van der Waals surface area contributed by atoms with Crippen molar-refractivity contribution in [2.75, 3.05) is 14.2 Å². The largest absolute Gasteiger partial charge is 0.497 e. The Morgan fingerprint density at radius 1 is 1.25 bits per heavy atom. The van der Waals surface area contributed by atoms with Crippen LogP contribution in [0.15, 0.2) is 29.3 Å². The van der Waals surface area contributed by atoms with Crippen molar-refractivity contribution in [1.29, 1.82) is 0 Å². The maximum absolute atomic E-state index is 13.6. The summed E-state index contributed by atoms with van der Waals surface area (Å²) < 4.78 is 56.5. The Hall–Kier alpha value is -1.53. The monoisotopic (exact) mass is 422 g/mol. The van der Waals surface area contributed by atoms with E-state index in [1.54, 1.807) is 31.3 Å². The van der Waals surface area contributed by atoms with Gasteiger partial charge in [-0.05, 0) is 17.7 Å². The van der Waals surface area contributed by atoms with Crippen molar-refractivity contribution in [1.82, 2.24) is 5.32 Å². The summed E-state index contributed by atoms with van der Waals surface area (Å²) >= 11 is 1.06. The normalized spacial score (nSPS) is 31.1. The molecule has 1 saturated heterocycles. The Balaban J connectivity index is 1.74. The maximum atomic E-state index is 13.6. The number of aliphatic imine (C=N–C) groups is 1. The van der Waals surface area contributed by atoms with Gasteiger partial charge in [0.25, 0.3) is 0 Å². The molecule has 2 aliphatic heterocycles. The SMILES string of the molecule is CNC1=NC2C(OC(C(OCc3ccc(OC)cc3)C(F)(F)F)C(O)C2O)S1. The summed E-state index contributed by atoms with van der Waals surface area (Å²) in [5.74, 6) is 0.565. The van der Waals surface area contributed by atoms with Crippen molar-refractivity contribution in [3.8, 4) is 5.75 Å². The Bertz CT molecular complexity index is 703. The molecule has 1 aromatic carbocycles. The van der Waals surface area contributed by atoms with Crippen molar-refractivity contribution in [3.63, 3.8) is 0 Å². The average molecular weight is 422 g/mol. The van der Waals surface area contributed by atoms with Gasteiger partial charge in [0.1, 0.15) is 35.5 Å². The lowest BCUT2D eigenvalue weighted by Gasteiger charge is -2.41. The van der Waals surface area contributed by atoms with Crippen LogP contribution >= 0.6 is 11.8 Å². The minimum Gasteiger partial charge on any atom is -0.497 e. The number of hydrogen-bond donors (Lipinski definition) is 3. The molecule has 3 rings (SSSR count). The van der Waals surface area contributed by atoms with E-state index in [1.165, 1.54) is 7.11 Å². The number of alkyl halides is 3. The van der Waals surface area contributed by atoms with Gasteiger partial charge in [-0.3, -0.25) is 4.99 Å². The van der Waals surface area contributed by atoms with E-state index in [2.05, 4.69) is 10.3 Å². The van der Waals surface area contributed by atoms with Crippen LogP contribution < -0.4 is 10.1 Å². The molecule has 2 aliphatic rings. The zero-order valence-corrected chi connectivity index (χ0v) is 15.9. The number of benzene rings is 1. The van der Waals surface area contributed by atoms with Gasteiger partial charge >= 0.3 is 6.18 Å². The first kappa shape index (κ1) is 21.2. The van der Waals surface area contributed by atoms with Gasteiger partial charge in [-0.25, -0.2) is 0 Å². The molecule has 0 radical (unpaired) electrons. The molecule has 1 aromatic rings. The second-order valence-electron chi connectivity index (χ2n) is 6.36. The predicted molar refractivity (Wildman–Crippen MR) is 96.2 cm³/mol. The molecule has 0 saturated carbocycles. The van der Waals surface area contributed by atoms with E-state index in [0.717, 1.165) is 11.8 Å². The Kier molecular flexibility index (Phi) is 6.40. The van der Waals surface area contributed by atoms with Gasteiger partial charge in [-0.1, -0.05) is 23.9 Å². The van der Waals surface area contributed by atoms with Crippen LogP contribution in [-0.2, 0) is 16.1 Å². The highest BCUT2D eigenvalue weighted by Gasteiger charge is 2.57. The number of methoxy groups -OCH3 is 1. The predicted octanol–water partition coefficient (Wildman–Crippen LogP) is 1.28. The number of thioether (sulfide) groups is 1. The number of nitrogens with zero attached hydrogens (tertiary/aromatic N) is 1. The average Bonchev–Trinajstić information content (AvgIpc) is 3.08. The fraction of sp³-hybridized carbons (Fsp3) is 0.588. The number of aliphatic hydroxyl groups is 2. The standard InChI is InChI=1S/C17H21F3N2O5S/c1-21-16-22-10-11(23)12(24)13(27-15(10)28-16)14(17(18,19)20)26-7-8-3-5-9(25-2)6-4-8/h3-6,10-15,23-24H,7H2,1-2H3,(H,21,22). The zero-order valence-electron chi connectivity index (χ0n) is 15.1. The van der Waals surface area contributed by atoms with Crippen LogP contribution in [0, 0.1) is 0 Å². The lowest BCUT2D eigenvalue weighted by atomic mass is 9.94. The highest BCUT2D eigenvalue weighted by atomic mass is 32.2. The third kappa shape index (κ3) is 4.38. The molecule has 28 heavy (non-hydrogen) atoms. The number of aliphatic hydroxyl groups excluding tert-OH is 2. The van der Waals surface area contributed by atoms with Crippen LogP contribution in [0.2, 0.25) is 0 Å². The zero-order chi connectivity index (χ0) is 20.5. The lowest BCUT2D eigenvalue weighted by molar-refractivity contribution is -0.286. The molecule has 2 heterocycles. The Labute approximate surface area is 163 Å². The van der Waals surface area contributed by atoms with Gasteiger partial charge < -0.3 is 29.7 Å². The number of amidine groups is 1. The summed E-state index contributed by atoms with van der Waals surface area (Å²) in [5.41, 5.74) is -0.352. The topological polar surface area (TPSA) is 92.5 Å². The van der Waals surface area contributed by atoms with E-state index in [1.807, 2.05) is 0 Å². The van der Waals surface area contributed by atoms with Crippen LogP contribution in [0.5, 0.6) is 5.75 Å². The third-order valence-corrected chi connectivity index (χ3v) is 5.68. The summed E-state index contributed by atoms with van der Waals surface area (Å²) in [5, 5.41) is 23.7. The van der Waals surface area contributed by atoms with Crippen LogP contribution in [0.25, 0.3) is 0 Å². The molecule has 0 bridgehead atoms. The van der Waals surface area contributed by atoms with Crippen molar-refractivity contribution < 1.29 is 37.6 Å². The highest BCUT2D eigenvalue weighted by molar-refractivity contribution is 8.14. The molecule has 0 amide bonds. The molecule has 0 spiro atoms. The molecular formula is C17H21F3N2O5S. The summed E-state index contributed by atoms with van der Waals surface area (Å²) in [6.45, 7) is -0.351. The van der Waals surface area contributed by atoms with Crippen LogP contribution in [-0.4, -0.2) is 71.6 Å².